The third kappa shape index (κ3) is 20.1. The molecular weight excluding hydrogens is 436 g/mol. The van der Waals surface area contributed by atoms with Crippen LogP contribution in [-0.4, -0.2) is 83.1 Å². The second kappa shape index (κ2) is 21.0. The Hall–Kier alpha value is -2.52. The lowest BCUT2D eigenvalue weighted by atomic mass is 10.1. The Kier molecular flexibility index (Phi) is 19.5. The topological polar surface area (TPSA) is 158 Å². The molecule has 0 aliphatic carbocycles. The zero-order valence-electron chi connectivity index (χ0n) is 21.4. The summed E-state index contributed by atoms with van der Waals surface area (Å²) in [6, 6.07) is 0. The van der Waals surface area contributed by atoms with Crippen molar-refractivity contribution in [2.24, 2.45) is 21.5 Å². The van der Waals surface area contributed by atoms with Gasteiger partial charge in [-0.05, 0) is 25.7 Å². The van der Waals surface area contributed by atoms with Gasteiger partial charge in [0.05, 0.1) is 0 Å². The fourth-order valence-corrected chi connectivity index (χ4v) is 3.81. The molecule has 0 bridgehead atoms. The highest BCUT2D eigenvalue weighted by molar-refractivity contribution is 5.78. The van der Waals surface area contributed by atoms with E-state index in [0.29, 0.717) is 0 Å². The van der Waals surface area contributed by atoms with E-state index in [0.717, 1.165) is 77.9 Å². The third-order valence-corrected chi connectivity index (χ3v) is 5.47. The van der Waals surface area contributed by atoms with Crippen LogP contribution in [0.5, 0.6) is 0 Å². The fraction of sp³-hybridized carbons (Fsp3) is 0.833. The molecule has 0 spiro atoms. The van der Waals surface area contributed by atoms with E-state index >= 15 is 0 Å². The van der Waals surface area contributed by atoms with Crippen molar-refractivity contribution in [3.8, 4) is 0 Å². The SMILES string of the molecule is CC(=O)O.CC(=O)O.NC1=NCCCN1CCCCCCCCCCCCN1CCCN=C1N. The number of nitrogens with two attached hydrogens (primary N) is 2. The van der Waals surface area contributed by atoms with Crippen molar-refractivity contribution in [2.75, 3.05) is 39.3 Å². The molecule has 0 aromatic carbocycles. The van der Waals surface area contributed by atoms with E-state index in [-0.39, 0.29) is 0 Å². The van der Waals surface area contributed by atoms with Crippen LogP contribution in [0.25, 0.3) is 0 Å². The number of carboxylic acid groups (broad SMARTS) is 2. The van der Waals surface area contributed by atoms with Crippen molar-refractivity contribution in [2.45, 2.75) is 90.9 Å². The Morgan fingerprint density at radius 3 is 1.21 bits per heavy atom. The Morgan fingerprint density at radius 1 is 0.676 bits per heavy atom. The van der Waals surface area contributed by atoms with E-state index < -0.39 is 11.9 Å². The van der Waals surface area contributed by atoms with Gasteiger partial charge in [-0.1, -0.05) is 51.4 Å². The maximum atomic E-state index is 9.00. The van der Waals surface area contributed by atoms with E-state index in [1.807, 2.05) is 0 Å². The van der Waals surface area contributed by atoms with Gasteiger partial charge in [0.1, 0.15) is 0 Å². The van der Waals surface area contributed by atoms with Crippen LogP contribution in [0.15, 0.2) is 9.98 Å². The lowest BCUT2D eigenvalue weighted by Crippen LogP contribution is -2.41. The Bertz CT molecular complexity index is 552. The molecule has 0 radical (unpaired) electrons. The van der Waals surface area contributed by atoms with E-state index in [4.69, 9.17) is 31.3 Å². The highest BCUT2D eigenvalue weighted by Gasteiger charge is 2.11. The van der Waals surface area contributed by atoms with E-state index in [2.05, 4.69) is 19.8 Å². The van der Waals surface area contributed by atoms with Crippen LogP contribution < -0.4 is 11.5 Å². The number of hydrogen-bond donors (Lipinski definition) is 4. The molecule has 0 unspecified atom stereocenters. The standard InChI is InChI=1S/C20H40N6.2C2H4O2/c21-19-23-13-11-17-25(19)15-9-7-5-3-1-2-4-6-8-10-16-26-18-12-14-24-20(26)22;2*1-2(3)4/h1-18H2,(H2,21,23)(H2,22,24);2*1H3,(H,3,4). The van der Waals surface area contributed by atoms with Gasteiger partial charge >= 0.3 is 0 Å². The number of carboxylic acids is 2. The van der Waals surface area contributed by atoms with E-state index in [1.165, 1.54) is 64.2 Å². The molecule has 0 saturated carbocycles. The van der Waals surface area contributed by atoms with Crippen molar-refractivity contribution in [3.63, 3.8) is 0 Å². The molecule has 2 rings (SSSR count). The Labute approximate surface area is 205 Å². The molecular formula is C24H48N6O4. The minimum atomic E-state index is -0.833. The van der Waals surface area contributed by atoms with Crippen molar-refractivity contribution in [3.05, 3.63) is 0 Å². The van der Waals surface area contributed by atoms with Gasteiger partial charge in [0, 0.05) is 53.1 Å². The van der Waals surface area contributed by atoms with E-state index in [1.54, 1.807) is 0 Å². The quantitative estimate of drug-likeness (QED) is 0.290. The number of rotatable bonds is 13. The lowest BCUT2D eigenvalue weighted by molar-refractivity contribution is -0.135. The van der Waals surface area contributed by atoms with Crippen LogP contribution in [0.4, 0.5) is 0 Å². The summed E-state index contributed by atoms with van der Waals surface area (Å²) < 4.78 is 0. The van der Waals surface area contributed by atoms with Gasteiger partial charge in [-0.25, -0.2) is 0 Å². The largest absolute Gasteiger partial charge is 0.481 e. The maximum absolute atomic E-state index is 9.00. The number of nitrogens with zero attached hydrogens (tertiary/aromatic N) is 4. The molecule has 0 atom stereocenters. The van der Waals surface area contributed by atoms with Gasteiger partial charge in [0.25, 0.3) is 11.9 Å². The first-order valence-electron chi connectivity index (χ1n) is 12.7. The number of aliphatic imine (C=N–C) groups is 2. The first-order chi connectivity index (χ1) is 16.2. The van der Waals surface area contributed by atoms with Crippen LogP contribution in [0.2, 0.25) is 0 Å². The molecule has 0 amide bonds. The average molecular weight is 485 g/mol. The second-order valence-corrected chi connectivity index (χ2v) is 8.73. The Balaban J connectivity index is 0.00000118. The molecule has 0 fully saturated rings. The maximum Gasteiger partial charge on any atom is 0.300 e. The molecule has 6 N–H and O–H groups in total. The number of carbonyl (C=O) groups is 2. The average Bonchev–Trinajstić information content (AvgIpc) is 2.76. The minimum absolute atomic E-state index is 0.756. The number of aliphatic carboxylic acids is 2. The molecule has 2 aliphatic rings. The van der Waals surface area contributed by atoms with Crippen molar-refractivity contribution < 1.29 is 19.8 Å². The zero-order chi connectivity index (χ0) is 25.6. The molecule has 10 heteroatoms. The highest BCUT2D eigenvalue weighted by Crippen LogP contribution is 2.12. The molecule has 198 valence electrons. The summed E-state index contributed by atoms with van der Waals surface area (Å²) in [7, 11) is 0. The van der Waals surface area contributed by atoms with Crippen LogP contribution >= 0.6 is 0 Å². The highest BCUT2D eigenvalue weighted by atomic mass is 16.4. The minimum Gasteiger partial charge on any atom is -0.481 e. The summed E-state index contributed by atoms with van der Waals surface area (Å²) in [5.41, 5.74) is 11.8. The van der Waals surface area contributed by atoms with Gasteiger partial charge in [-0.2, -0.15) is 0 Å². The lowest BCUT2D eigenvalue weighted by Gasteiger charge is -2.26. The van der Waals surface area contributed by atoms with Crippen molar-refractivity contribution in [1.82, 2.24) is 9.80 Å². The first-order valence-corrected chi connectivity index (χ1v) is 12.7. The van der Waals surface area contributed by atoms with Crippen molar-refractivity contribution in [1.29, 1.82) is 0 Å². The smallest absolute Gasteiger partial charge is 0.300 e. The van der Waals surface area contributed by atoms with Gasteiger partial charge < -0.3 is 31.5 Å². The van der Waals surface area contributed by atoms with Gasteiger partial charge in [-0.3, -0.25) is 19.6 Å². The molecule has 0 saturated heterocycles. The summed E-state index contributed by atoms with van der Waals surface area (Å²) >= 11 is 0. The third-order valence-electron chi connectivity index (χ3n) is 5.47. The summed E-state index contributed by atoms with van der Waals surface area (Å²) in [4.78, 5) is 31.1. The number of unbranched alkanes of at least 4 members (excludes halogenated alkanes) is 9. The monoisotopic (exact) mass is 484 g/mol. The summed E-state index contributed by atoms with van der Waals surface area (Å²) in [6.07, 6.45) is 15.7. The molecule has 0 aromatic heterocycles. The molecule has 10 nitrogen and oxygen atoms in total. The van der Waals surface area contributed by atoms with E-state index in [9.17, 15) is 0 Å². The van der Waals surface area contributed by atoms with Crippen LogP contribution in [0.3, 0.4) is 0 Å². The summed E-state index contributed by atoms with van der Waals surface area (Å²) in [5.74, 6) is -0.155. The van der Waals surface area contributed by atoms with Gasteiger partial charge in [0.15, 0.2) is 11.9 Å². The number of hydrogen-bond acceptors (Lipinski definition) is 8. The summed E-state index contributed by atoms with van der Waals surface area (Å²) in [5, 5.41) is 14.8. The van der Waals surface area contributed by atoms with Gasteiger partial charge in [0.2, 0.25) is 0 Å². The Morgan fingerprint density at radius 2 is 0.941 bits per heavy atom. The molecule has 2 heterocycles. The number of guanidine groups is 2. The van der Waals surface area contributed by atoms with Crippen LogP contribution in [-0.2, 0) is 9.59 Å². The fourth-order valence-electron chi connectivity index (χ4n) is 3.81. The predicted octanol–water partition coefficient (Wildman–Crippen LogP) is 3.11. The molecule has 2 aliphatic heterocycles. The predicted molar refractivity (Wildman–Crippen MR) is 138 cm³/mol. The normalized spacial score (nSPS) is 15.2. The van der Waals surface area contributed by atoms with Crippen LogP contribution in [0, 0.1) is 0 Å². The first kappa shape index (κ1) is 31.5. The molecule has 34 heavy (non-hydrogen) atoms. The summed E-state index contributed by atoms with van der Waals surface area (Å²) in [6.45, 7) is 8.33. The zero-order valence-corrected chi connectivity index (χ0v) is 21.4. The van der Waals surface area contributed by atoms with Crippen molar-refractivity contribution >= 4 is 23.9 Å². The second-order valence-electron chi connectivity index (χ2n) is 8.73. The van der Waals surface area contributed by atoms with Crippen LogP contribution in [0.1, 0.15) is 90.9 Å². The van der Waals surface area contributed by atoms with Gasteiger partial charge in [-0.15, -0.1) is 0 Å². The molecule has 0 aromatic rings.